The summed E-state index contributed by atoms with van der Waals surface area (Å²) in [6.07, 6.45) is 3.61. The first-order valence-corrected chi connectivity index (χ1v) is 11.8. The van der Waals surface area contributed by atoms with Crippen molar-refractivity contribution >= 4 is 11.6 Å². The minimum absolute atomic E-state index is 0.174. The average molecular weight is 545 g/mol. The zero-order valence-electron chi connectivity index (χ0n) is 23.1. The molecule has 0 amide bonds. The average Bonchev–Trinajstić information content (AvgIpc) is 2.82. The van der Waals surface area contributed by atoms with E-state index in [4.69, 9.17) is 19.1 Å². The van der Waals surface area contributed by atoms with Crippen LogP contribution in [0.25, 0.3) is 11.5 Å². The van der Waals surface area contributed by atoms with Crippen molar-refractivity contribution in [2.45, 2.75) is 46.8 Å². The van der Waals surface area contributed by atoms with Crippen LogP contribution >= 0.6 is 11.6 Å². The maximum absolute atomic E-state index is 14.2. The van der Waals surface area contributed by atoms with E-state index in [1.54, 1.807) is 26.8 Å². The fourth-order valence-electron chi connectivity index (χ4n) is 4.07. The molecule has 4 rings (SSSR count). The van der Waals surface area contributed by atoms with Crippen LogP contribution in [0.1, 0.15) is 44.7 Å². The molecule has 198 valence electrons. The molecule has 4 heterocycles. The number of aryl methyl sites for hydroxylation is 3. The first kappa shape index (κ1) is 24.4. The van der Waals surface area contributed by atoms with E-state index in [0.29, 0.717) is 29.1 Å². The first-order valence-electron chi connectivity index (χ1n) is 12.4. The predicted molar refractivity (Wildman–Crippen MR) is 138 cm³/mol. The number of halogens is 3. The van der Waals surface area contributed by atoms with Crippen molar-refractivity contribution in [3.63, 3.8) is 0 Å². The topological polar surface area (TPSA) is 99.2 Å². The maximum atomic E-state index is 14.2. The van der Waals surface area contributed by atoms with E-state index in [-0.39, 0.29) is 22.8 Å². The van der Waals surface area contributed by atoms with Gasteiger partial charge in [0.1, 0.15) is 34.7 Å². The van der Waals surface area contributed by atoms with Crippen LogP contribution in [0.15, 0.2) is 52.4 Å². The summed E-state index contributed by atoms with van der Waals surface area (Å²) >= 11 is 6.30. The van der Waals surface area contributed by atoms with Crippen LogP contribution in [0.2, 0.25) is 5.02 Å². The van der Waals surface area contributed by atoms with E-state index < -0.39 is 45.6 Å². The number of hydrogen-bond acceptors (Lipinski definition) is 6. The van der Waals surface area contributed by atoms with Crippen LogP contribution in [0.3, 0.4) is 0 Å². The third kappa shape index (κ3) is 5.09. The summed E-state index contributed by atoms with van der Waals surface area (Å²) in [6, 6.07) is 4.92. The number of ether oxygens (including phenoxy) is 1. The molecule has 0 fully saturated rings. The standard InChI is InChI=1S/C27H25ClF2N4O4/c1-14-6-7-33(25(35)23(14)27(4,5)37)22-10-20(15(2)11-32-22)34-16(3)8-21(24(28)26(34)36)38-13-19-18(30)9-17(29)12-31-19/h6-12,37H,13H2,1-5H3/i13D2. The second kappa shape index (κ2) is 10.1. The van der Waals surface area contributed by atoms with E-state index in [9.17, 15) is 23.5 Å². The number of hydrogen-bond donors (Lipinski definition) is 1. The first-order chi connectivity index (χ1) is 18.5. The molecule has 0 saturated carbocycles. The molecule has 4 aromatic rings. The Morgan fingerprint density at radius 2 is 1.79 bits per heavy atom. The monoisotopic (exact) mass is 544 g/mol. The predicted octanol–water partition coefficient (Wildman–Crippen LogP) is 4.44. The Hall–Kier alpha value is -3.89. The van der Waals surface area contributed by atoms with Gasteiger partial charge >= 0.3 is 0 Å². The van der Waals surface area contributed by atoms with Gasteiger partial charge in [0.15, 0.2) is 5.82 Å². The van der Waals surface area contributed by atoms with Crippen molar-refractivity contribution in [3.05, 3.63) is 108 Å². The lowest BCUT2D eigenvalue weighted by molar-refractivity contribution is 0.0760. The fourth-order valence-corrected chi connectivity index (χ4v) is 4.25. The molecule has 0 saturated heterocycles. The molecule has 38 heavy (non-hydrogen) atoms. The normalized spacial score (nSPS) is 12.8. The van der Waals surface area contributed by atoms with Crippen molar-refractivity contribution in [1.82, 2.24) is 19.1 Å². The smallest absolute Gasteiger partial charge is 0.277 e. The number of aliphatic hydroxyl groups is 1. The molecule has 0 aromatic carbocycles. The minimum Gasteiger partial charge on any atom is -0.485 e. The molecule has 0 spiro atoms. The lowest BCUT2D eigenvalue weighted by Crippen LogP contribution is -2.32. The number of nitrogens with zero attached hydrogens (tertiary/aromatic N) is 4. The number of aromatic nitrogens is 4. The van der Waals surface area contributed by atoms with Crippen molar-refractivity contribution in [2.24, 2.45) is 0 Å². The zero-order chi connectivity index (χ0) is 29.7. The molecule has 0 aliphatic heterocycles. The summed E-state index contributed by atoms with van der Waals surface area (Å²) in [6.45, 7) is 5.07. The van der Waals surface area contributed by atoms with Crippen LogP contribution in [0.5, 0.6) is 5.75 Å². The summed E-state index contributed by atoms with van der Waals surface area (Å²) in [5.41, 5.74) is -1.56. The van der Waals surface area contributed by atoms with Crippen molar-refractivity contribution in [2.75, 3.05) is 0 Å². The summed E-state index contributed by atoms with van der Waals surface area (Å²) in [5, 5.41) is 10.0. The lowest BCUT2D eigenvalue weighted by atomic mass is 9.95. The van der Waals surface area contributed by atoms with Crippen molar-refractivity contribution in [3.8, 4) is 17.3 Å². The van der Waals surface area contributed by atoms with Crippen LogP contribution in [0.4, 0.5) is 8.78 Å². The van der Waals surface area contributed by atoms with Crippen LogP contribution in [0, 0.1) is 32.4 Å². The molecule has 0 aliphatic rings. The van der Waals surface area contributed by atoms with E-state index in [2.05, 4.69) is 9.97 Å². The van der Waals surface area contributed by atoms with Gasteiger partial charge in [0.2, 0.25) is 0 Å². The van der Waals surface area contributed by atoms with Crippen molar-refractivity contribution < 1.29 is 21.4 Å². The fraction of sp³-hybridized carbons (Fsp3) is 0.259. The van der Waals surface area contributed by atoms with Crippen molar-refractivity contribution in [1.29, 1.82) is 0 Å². The summed E-state index contributed by atoms with van der Waals surface area (Å²) in [5.74, 6) is -2.48. The molecule has 0 atom stereocenters. The molecule has 4 aromatic heterocycles. The molecule has 0 unspecified atom stereocenters. The van der Waals surface area contributed by atoms with Gasteiger partial charge < -0.3 is 9.84 Å². The summed E-state index contributed by atoms with van der Waals surface area (Å²) in [7, 11) is 0. The van der Waals surface area contributed by atoms with Gasteiger partial charge in [-0.3, -0.25) is 23.7 Å². The largest absolute Gasteiger partial charge is 0.485 e. The Bertz CT molecular complexity index is 1770. The third-order valence-electron chi connectivity index (χ3n) is 5.83. The van der Waals surface area contributed by atoms with E-state index in [0.717, 1.165) is 0 Å². The highest BCUT2D eigenvalue weighted by atomic mass is 35.5. The molecule has 8 nitrogen and oxygen atoms in total. The molecular formula is C27H25ClF2N4O4. The Labute approximate surface area is 224 Å². The van der Waals surface area contributed by atoms with Crippen LogP contribution in [-0.4, -0.2) is 24.2 Å². The van der Waals surface area contributed by atoms with Gasteiger partial charge in [-0.05, 0) is 51.8 Å². The highest BCUT2D eigenvalue weighted by Crippen LogP contribution is 2.26. The Balaban J connectivity index is 1.82. The second-order valence-electron chi connectivity index (χ2n) is 9.23. The molecule has 11 heteroatoms. The number of pyridine rings is 4. The van der Waals surface area contributed by atoms with Gasteiger partial charge in [-0.15, -0.1) is 0 Å². The summed E-state index contributed by atoms with van der Waals surface area (Å²) in [4.78, 5) is 34.4. The highest BCUT2D eigenvalue weighted by molar-refractivity contribution is 6.31. The molecule has 0 radical (unpaired) electrons. The second-order valence-corrected chi connectivity index (χ2v) is 9.61. The van der Waals surface area contributed by atoms with Gasteiger partial charge in [0.25, 0.3) is 11.1 Å². The molecule has 0 aliphatic carbocycles. The van der Waals surface area contributed by atoms with Gasteiger partial charge in [0, 0.05) is 36.3 Å². The van der Waals surface area contributed by atoms with Gasteiger partial charge in [-0.2, -0.15) is 0 Å². The van der Waals surface area contributed by atoms with Crippen LogP contribution < -0.4 is 15.9 Å². The SMILES string of the molecule is [2H]C([2H])(Oc1cc(C)n(-c2cc(-n3ccc(C)c(C(C)(C)O)c3=O)ncc2C)c(=O)c1Cl)c1ncc(F)cc1F. The lowest BCUT2D eigenvalue weighted by Gasteiger charge is -2.21. The molecule has 0 bridgehead atoms. The van der Waals surface area contributed by atoms with Gasteiger partial charge in [-0.25, -0.2) is 13.8 Å². The molecule has 1 N–H and O–H groups in total. The highest BCUT2D eigenvalue weighted by Gasteiger charge is 2.24. The summed E-state index contributed by atoms with van der Waals surface area (Å²) < 4.78 is 51.4. The van der Waals surface area contributed by atoms with E-state index in [1.165, 1.54) is 47.5 Å². The van der Waals surface area contributed by atoms with Gasteiger partial charge in [0.05, 0.1) is 25.8 Å². The third-order valence-corrected chi connectivity index (χ3v) is 6.17. The quantitative estimate of drug-likeness (QED) is 0.385. The maximum Gasteiger partial charge on any atom is 0.277 e. The Kier molecular flexibility index (Phi) is 6.50. The zero-order valence-corrected chi connectivity index (χ0v) is 21.9. The Morgan fingerprint density at radius 1 is 1.08 bits per heavy atom. The Morgan fingerprint density at radius 3 is 2.45 bits per heavy atom. The van der Waals surface area contributed by atoms with E-state index >= 15 is 0 Å². The van der Waals surface area contributed by atoms with E-state index in [1.807, 2.05) is 0 Å². The minimum atomic E-state index is -2.89. The molecular weight excluding hydrogens is 518 g/mol. The van der Waals surface area contributed by atoms with Crippen LogP contribution in [-0.2, 0) is 12.2 Å². The number of rotatable bonds is 6. The van der Waals surface area contributed by atoms with Gasteiger partial charge in [-0.1, -0.05) is 11.6 Å².